The Morgan fingerprint density at radius 2 is 2.00 bits per heavy atom. The van der Waals surface area contributed by atoms with Crippen molar-refractivity contribution in [2.45, 2.75) is 18.7 Å². The molecule has 0 saturated heterocycles. The second-order valence-electron chi connectivity index (χ2n) is 5.77. The lowest BCUT2D eigenvalue weighted by Gasteiger charge is -2.17. The zero-order chi connectivity index (χ0) is 17.6. The minimum Gasteiger partial charge on any atom is -0.360 e. The van der Waals surface area contributed by atoms with Gasteiger partial charge in [-0.25, -0.2) is 8.42 Å². The first-order valence-electron chi connectivity index (χ1n) is 7.71. The van der Waals surface area contributed by atoms with Crippen LogP contribution in [0.3, 0.4) is 0 Å². The summed E-state index contributed by atoms with van der Waals surface area (Å²) in [5, 5.41) is 6.80. The van der Waals surface area contributed by atoms with Gasteiger partial charge in [-0.15, -0.1) is 0 Å². The second kappa shape index (κ2) is 5.92. The Labute approximate surface area is 149 Å². The van der Waals surface area contributed by atoms with Crippen molar-refractivity contribution < 1.29 is 12.9 Å². The number of benzene rings is 1. The Morgan fingerprint density at radius 1 is 1.24 bits per heavy atom. The Hall–Kier alpha value is -2.26. The van der Waals surface area contributed by atoms with Gasteiger partial charge in [-0.2, -0.15) is 0 Å². The van der Waals surface area contributed by atoms with Crippen LogP contribution in [0.2, 0.25) is 0 Å². The maximum atomic E-state index is 12.5. The highest BCUT2D eigenvalue weighted by Gasteiger charge is 2.27. The third kappa shape index (κ3) is 2.83. The highest BCUT2D eigenvalue weighted by molar-refractivity contribution is 8.16. The highest BCUT2D eigenvalue weighted by atomic mass is 32.2. The topological polar surface area (TPSA) is 87.8 Å². The number of fused-ring (bicyclic) bond motifs is 1. The largest absolute Gasteiger partial charge is 0.360 e. The summed E-state index contributed by atoms with van der Waals surface area (Å²) in [6, 6.07) is 7.31. The van der Waals surface area contributed by atoms with E-state index < -0.39 is 10.0 Å². The molecule has 2 aliphatic rings. The molecule has 1 aromatic carbocycles. The monoisotopic (exact) mass is 376 g/mol. The van der Waals surface area contributed by atoms with Gasteiger partial charge in [0.05, 0.1) is 12.2 Å². The quantitative estimate of drug-likeness (QED) is 0.883. The van der Waals surface area contributed by atoms with Crippen LogP contribution in [0.15, 0.2) is 44.1 Å². The highest BCUT2D eigenvalue weighted by Crippen LogP contribution is 2.35. The molecule has 0 bridgehead atoms. The van der Waals surface area contributed by atoms with Crippen LogP contribution in [0.25, 0.3) is 5.70 Å². The van der Waals surface area contributed by atoms with Gasteiger partial charge in [-0.1, -0.05) is 29.1 Å². The number of nitrogens with one attached hydrogen (secondary N) is 1. The minimum atomic E-state index is -3.73. The van der Waals surface area contributed by atoms with Gasteiger partial charge in [-0.3, -0.25) is 9.71 Å². The second-order valence-corrected chi connectivity index (χ2v) is 8.23. The molecule has 3 heterocycles. The van der Waals surface area contributed by atoms with Crippen molar-refractivity contribution in [1.29, 1.82) is 0 Å². The average molecular weight is 376 g/mol. The van der Waals surface area contributed by atoms with E-state index in [2.05, 4.69) is 25.2 Å². The van der Waals surface area contributed by atoms with Crippen LogP contribution in [0.1, 0.15) is 17.0 Å². The normalized spacial score (nSPS) is 16.6. The molecule has 4 rings (SSSR count). The molecule has 0 fully saturated rings. The number of thioether (sulfide) groups is 1. The molecular weight excluding hydrogens is 360 g/mol. The van der Waals surface area contributed by atoms with Gasteiger partial charge < -0.3 is 9.42 Å². The lowest BCUT2D eigenvalue weighted by molar-refractivity contribution is 0.390. The van der Waals surface area contributed by atoms with E-state index in [1.54, 1.807) is 37.7 Å². The van der Waals surface area contributed by atoms with Crippen molar-refractivity contribution in [2.75, 3.05) is 17.8 Å². The van der Waals surface area contributed by atoms with Crippen LogP contribution in [-0.2, 0) is 10.0 Å². The summed E-state index contributed by atoms with van der Waals surface area (Å²) in [4.78, 5) is 6.69. The lowest BCUT2D eigenvalue weighted by Crippen LogP contribution is -2.19. The fourth-order valence-corrected chi connectivity index (χ4v) is 5.27. The molecule has 1 N–H and O–H groups in total. The molecule has 25 heavy (non-hydrogen) atoms. The Balaban J connectivity index is 1.56. The zero-order valence-corrected chi connectivity index (χ0v) is 15.3. The maximum Gasteiger partial charge on any atom is 0.267 e. The SMILES string of the molecule is Cc1noc(C)c1S(=O)(=O)Nc1ccc(C2=CSC3=NCCN23)cc1. The number of hydrogen-bond donors (Lipinski definition) is 1. The van der Waals surface area contributed by atoms with Gasteiger partial charge in [0.15, 0.2) is 15.8 Å². The first-order valence-corrected chi connectivity index (χ1v) is 10.1. The summed E-state index contributed by atoms with van der Waals surface area (Å²) in [5.41, 5.74) is 2.96. The smallest absolute Gasteiger partial charge is 0.267 e. The molecule has 1 aromatic heterocycles. The van der Waals surface area contributed by atoms with Crippen LogP contribution in [0.4, 0.5) is 5.69 Å². The van der Waals surface area contributed by atoms with Gasteiger partial charge in [0.1, 0.15) is 5.69 Å². The third-order valence-electron chi connectivity index (χ3n) is 4.04. The van der Waals surface area contributed by atoms with Crippen LogP contribution < -0.4 is 4.72 Å². The summed E-state index contributed by atoms with van der Waals surface area (Å²) in [7, 11) is -3.73. The fraction of sp³-hybridized carbons (Fsp3) is 0.250. The van der Waals surface area contributed by atoms with E-state index in [-0.39, 0.29) is 10.7 Å². The van der Waals surface area contributed by atoms with E-state index in [1.165, 1.54) is 0 Å². The summed E-state index contributed by atoms with van der Waals surface area (Å²) < 4.78 is 32.6. The Morgan fingerprint density at radius 3 is 2.68 bits per heavy atom. The number of aromatic nitrogens is 1. The van der Waals surface area contributed by atoms with Crippen molar-refractivity contribution >= 4 is 38.3 Å². The van der Waals surface area contributed by atoms with Crippen molar-refractivity contribution in [2.24, 2.45) is 4.99 Å². The van der Waals surface area contributed by atoms with E-state index in [0.29, 0.717) is 11.4 Å². The molecule has 0 amide bonds. The molecule has 7 nitrogen and oxygen atoms in total. The molecule has 9 heteroatoms. The summed E-state index contributed by atoms with van der Waals surface area (Å²) >= 11 is 1.62. The molecule has 2 aliphatic heterocycles. The van der Waals surface area contributed by atoms with Gasteiger partial charge in [-0.05, 0) is 31.5 Å². The predicted octanol–water partition coefficient (Wildman–Crippen LogP) is 2.81. The van der Waals surface area contributed by atoms with Crippen molar-refractivity contribution in [3.63, 3.8) is 0 Å². The van der Waals surface area contributed by atoms with Gasteiger partial charge in [0.2, 0.25) is 0 Å². The third-order valence-corrected chi connectivity index (χ3v) is 6.56. The number of aliphatic imine (C=N–C) groups is 1. The van der Waals surface area contributed by atoms with E-state index in [0.717, 1.165) is 29.5 Å². The number of rotatable bonds is 4. The summed E-state index contributed by atoms with van der Waals surface area (Å²) in [6.45, 7) is 4.88. The van der Waals surface area contributed by atoms with Crippen LogP contribution in [0.5, 0.6) is 0 Å². The van der Waals surface area contributed by atoms with Gasteiger partial charge in [0.25, 0.3) is 10.0 Å². The molecule has 0 saturated carbocycles. The molecule has 0 aliphatic carbocycles. The van der Waals surface area contributed by atoms with Crippen LogP contribution >= 0.6 is 11.8 Å². The first kappa shape index (κ1) is 16.2. The number of aryl methyl sites for hydroxylation is 2. The molecule has 0 unspecified atom stereocenters. The fourth-order valence-electron chi connectivity index (χ4n) is 2.92. The van der Waals surface area contributed by atoms with Crippen molar-refractivity contribution in [3.05, 3.63) is 46.7 Å². The van der Waals surface area contributed by atoms with Crippen LogP contribution in [0, 0.1) is 13.8 Å². The van der Waals surface area contributed by atoms with Gasteiger partial charge >= 0.3 is 0 Å². The average Bonchev–Trinajstić information content (AvgIpc) is 3.24. The van der Waals surface area contributed by atoms with Gasteiger partial charge in [0, 0.05) is 17.6 Å². The van der Waals surface area contributed by atoms with Crippen LogP contribution in [-0.4, -0.2) is 36.7 Å². The summed E-state index contributed by atoms with van der Waals surface area (Å²) in [5.74, 6) is 0.274. The summed E-state index contributed by atoms with van der Waals surface area (Å²) in [6.07, 6.45) is 0. The minimum absolute atomic E-state index is 0.0874. The number of amidine groups is 1. The van der Waals surface area contributed by atoms with Crippen molar-refractivity contribution in [1.82, 2.24) is 10.1 Å². The maximum absolute atomic E-state index is 12.5. The Kier molecular flexibility index (Phi) is 3.84. The molecule has 0 radical (unpaired) electrons. The predicted molar refractivity (Wildman–Crippen MR) is 97.8 cm³/mol. The lowest BCUT2D eigenvalue weighted by atomic mass is 10.1. The number of nitrogens with zero attached hydrogens (tertiary/aromatic N) is 3. The molecule has 130 valence electrons. The standard InChI is InChI=1S/C16H16N4O3S2/c1-10-15(11(2)23-18-10)25(21,22)19-13-5-3-12(4-6-13)14-9-24-16-17-7-8-20(14)16/h3-6,9,19H,7-8H2,1-2H3. The number of anilines is 1. The zero-order valence-electron chi connectivity index (χ0n) is 13.7. The van der Waals surface area contributed by atoms with E-state index in [9.17, 15) is 8.42 Å². The number of sulfonamides is 1. The first-order chi connectivity index (χ1) is 12.0. The van der Waals surface area contributed by atoms with Crippen molar-refractivity contribution in [3.8, 4) is 0 Å². The van der Waals surface area contributed by atoms with E-state index in [4.69, 9.17) is 4.52 Å². The molecule has 2 aromatic rings. The van der Waals surface area contributed by atoms with E-state index >= 15 is 0 Å². The molecule has 0 atom stereocenters. The number of hydrogen-bond acceptors (Lipinski definition) is 7. The Bertz CT molecular complexity index is 971. The molecule has 0 spiro atoms. The van der Waals surface area contributed by atoms with E-state index in [1.807, 2.05) is 12.1 Å². The molecular formula is C16H16N4O3S2.